The Labute approximate surface area is 269 Å². The zero-order chi connectivity index (χ0) is 33.1. The van der Waals surface area contributed by atoms with Crippen molar-refractivity contribution >= 4 is 30.0 Å². The van der Waals surface area contributed by atoms with Crippen LogP contribution in [0, 0.1) is 6.92 Å². The van der Waals surface area contributed by atoms with Gasteiger partial charge in [-0.1, -0.05) is 43.5 Å². The highest BCUT2D eigenvalue weighted by Gasteiger charge is 2.09. The van der Waals surface area contributed by atoms with E-state index >= 15 is 0 Å². The number of aryl methyl sites for hydroxylation is 1. The first kappa shape index (κ1) is 35.0. The first-order valence-corrected chi connectivity index (χ1v) is 14.9. The molecule has 0 aliphatic heterocycles. The van der Waals surface area contributed by atoms with E-state index in [1.807, 2.05) is 49.4 Å². The first-order valence-electron chi connectivity index (χ1n) is 14.9. The molecule has 0 radical (unpaired) electrons. The second-order valence-corrected chi connectivity index (χ2v) is 10.0. The Morgan fingerprint density at radius 2 is 1.20 bits per heavy atom. The maximum atomic E-state index is 12.4. The van der Waals surface area contributed by atoms with E-state index in [1.165, 1.54) is 6.08 Å². The third-order valence-electron chi connectivity index (χ3n) is 6.53. The Hall–Kier alpha value is -5.44. The van der Waals surface area contributed by atoms with Gasteiger partial charge in [0.25, 0.3) is 0 Å². The van der Waals surface area contributed by atoms with Crippen LogP contribution < -0.4 is 9.47 Å². The summed E-state index contributed by atoms with van der Waals surface area (Å²) in [5.74, 6) is -0.699. The molecular weight excluding hydrogens is 588 g/mol. The Kier molecular flexibility index (Phi) is 14.5. The molecule has 9 heteroatoms. The van der Waals surface area contributed by atoms with Crippen LogP contribution in [0.4, 0.5) is 0 Å². The summed E-state index contributed by atoms with van der Waals surface area (Å²) in [6.07, 6.45) is 7.87. The summed E-state index contributed by atoms with van der Waals surface area (Å²) in [6, 6.07) is 19.7. The zero-order valence-corrected chi connectivity index (χ0v) is 25.9. The van der Waals surface area contributed by atoms with Crippen molar-refractivity contribution in [2.45, 2.75) is 32.6 Å². The zero-order valence-electron chi connectivity index (χ0n) is 25.9. The van der Waals surface area contributed by atoms with Gasteiger partial charge in [-0.3, -0.25) is 0 Å². The lowest BCUT2D eigenvalue weighted by Gasteiger charge is -2.10. The molecule has 3 aromatic rings. The van der Waals surface area contributed by atoms with Crippen molar-refractivity contribution in [2.75, 3.05) is 26.4 Å². The largest absolute Gasteiger partial charge is 0.493 e. The van der Waals surface area contributed by atoms with Gasteiger partial charge in [-0.15, -0.1) is 0 Å². The maximum absolute atomic E-state index is 12.4. The van der Waals surface area contributed by atoms with Crippen molar-refractivity contribution in [2.24, 2.45) is 0 Å². The fourth-order valence-electron chi connectivity index (χ4n) is 4.07. The second-order valence-electron chi connectivity index (χ2n) is 10.0. The molecule has 0 amide bonds. The highest BCUT2D eigenvalue weighted by atomic mass is 16.5. The molecule has 0 spiro atoms. The molecule has 46 heavy (non-hydrogen) atoms. The van der Waals surface area contributed by atoms with Crippen molar-refractivity contribution in [3.05, 3.63) is 115 Å². The van der Waals surface area contributed by atoms with Gasteiger partial charge in [-0.05, 0) is 97.3 Å². The third-order valence-corrected chi connectivity index (χ3v) is 6.53. The van der Waals surface area contributed by atoms with Crippen LogP contribution in [0.25, 0.3) is 17.2 Å². The quantitative estimate of drug-likeness (QED) is 0.0492. The SMILES string of the molecule is C=CC(=O)OCCCCOC(=O)c1ccc(-c2ccc(OC(=O)C=Cc3ccc(OCCCCOC(=O)C=C)c(C)c3)cc2)cc1. The van der Waals surface area contributed by atoms with Gasteiger partial charge < -0.3 is 23.7 Å². The van der Waals surface area contributed by atoms with E-state index in [1.54, 1.807) is 30.3 Å². The molecule has 0 heterocycles. The van der Waals surface area contributed by atoms with Crippen LogP contribution in [0.5, 0.6) is 11.5 Å². The molecule has 240 valence electrons. The summed E-state index contributed by atoms with van der Waals surface area (Å²) >= 11 is 0. The highest BCUT2D eigenvalue weighted by molar-refractivity contribution is 5.90. The van der Waals surface area contributed by atoms with Gasteiger partial charge in [0.05, 0.1) is 32.0 Å². The number of ether oxygens (including phenoxy) is 5. The van der Waals surface area contributed by atoms with E-state index in [4.69, 9.17) is 23.7 Å². The maximum Gasteiger partial charge on any atom is 0.338 e. The lowest BCUT2D eigenvalue weighted by molar-refractivity contribution is -0.138. The van der Waals surface area contributed by atoms with Crippen LogP contribution in [-0.4, -0.2) is 50.3 Å². The topological polar surface area (TPSA) is 114 Å². The summed E-state index contributed by atoms with van der Waals surface area (Å²) in [5, 5.41) is 0. The molecule has 0 N–H and O–H groups in total. The molecule has 0 aliphatic carbocycles. The minimum Gasteiger partial charge on any atom is -0.493 e. The predicted octanol–water partition coefficient (Wildman–Crippen LogP) is 6.84. The molecule has 0 aliphatic rings. The third kappa shape index (κ3) is 12.3. The monoisotopic (exact) mass is 626 g/mol. The number of esters is 4. The van der Waals surface area contributed by atoms with E-state index in [0.29, 0.717) is 43.8 Å². The van der Waals surface area contributed by atoms with Crippen molar-refractivity contribution in [1.29, 1.82) is 0 Å². The molecule has 0 atom stereocenters. The Morgan fingerprint density at radius 1 is 0.652 bits per heavy atom. The van der Waals surface area contributed by atoms with Gasteiger partial charge in [0.1, 0.15) is 11.5 Å². The predicted molar refractivity (Wildman–Crippen MR) is 174 cm³/mol. The van der Waals surface area contributed by atoms with Gasteiger partial charge in [-0.25, -0.2) is 19.2 Å². The fraction of sp³-hybridized carbons (Fsp3) is 0.243. The van der Waals surface area contributed by atoms with Crippen molar-refractivity contribution in [1.82, 2.24) is 0 Å². The summed E-state index contributed by atoms with van der Waals surface area (Å²) in [6.45, 7) is 9.91. The number of carbonyl (C=O) groups excluding carboxylic acids is 4. The van der Waals surface area contributed by atoms with E-state index in [2.05, 4.69) is 13.2 Å². The summed E-state index contributed by atoms with van der Waals surface area (Å²) < 4.78 is 26.4. The number of unbranched alkanes of at least 4 members (excludes halogenated alkanes) is 2. The minimum atomic E-state index is -0.511. The number of rotatable bonds is 18. The van der Waals surface area contributed by atoms with E-state index in [0.717, 1.165) is 46.6 Å². The molecule has 0 fully saturated rings. The van der Waals surface area contributed by atoms with Crippen LogP contribution in [0.1, 0.15) is 47.2 Å². The van der Waals surface area contributed by atoms with Crippen LogP contribution in [-0.2, 0) is 28.6 Å². The summed E-state index contributed by atoms with van der Waals surface area (Å²) in [5.41, 5.74) is 3.95. The number of hydrogen-bond acceptors (Lipinski definition) is 9. The summed E-state index contributed by atoms with van der Waals surface area (Å²) in [4.78, 5) is 46.8. The van der Waals surface area contributed by atoms with Gasteiger partial charge in [0, 0.05) is 18.2 Å². The van der Waals surface area contributed by atoms with Gasteiger partial charge in [-0.2, -0.15) is 0 Å². The standard InChI is InChI=1S/C37H38O9/c1-4-34(38)43-23-7-6-22-42-33-20-10-28(26-27(33)3)11-21-36(40)46-32-18-16-30(17-19-32)29-12-14-31(15-13-29)37(41)45-25-9-8-24-44-35(39)5-2/h4-5,10-21,26H,1-2,6-9,22-25H2,3H3. The second kappa shape index (κ2) is 19.1. The number of benzene rings is 3. The summed E-state index contributed by atoms with van der Waals surface area (Å²) in [7, 11) is 0. The smallest absolute Gasteiger partial charge is 0.338 e. The highest BCUT2D eigenvalue weighted by Crippen LogP contribution is 2.24. The van der Waals surface area contributed by atoms with E-state index < -0.39 is 23.9 Å². The lowest BCUT2D eigenvalue weighted by atomic mass is 10.0. The normalized spacial score (nSPS) is 10.5. The van der Waals surface area contributed by atoms with Crippen molar-refractivity contribution < 1.29 is 42.9 Å². The molecule has 0 saturated heterocycles. The average Bonchev–Trinajstić information content (AvgIpc) is 3.07. The fourth-order valence-corrected chi connectivity index (χ4v) is 4.07. The van der Waals surface area contributed by atoms with Crippen LogP contribution in [0.2, 0.25) is 0 Å². The van der Waals surface area contributed by atoms with E-state index in [9.17, 15) is 19.2 Å². The number of hydrogen-bond donors (Lipinski definition) is 0. The van der Waals surface area contributed by atoms with Gasteiger partial charge >= 0.3 is 23.9 Å². The molecule has 0 aromatic heterocycles. The molecule has 0 bridgehead atoms. The van der Waals surface area contributed by atoms with Gasteiger partial charge in [0.15, 0.2) is 0 Å². The van der Waals surface area contributed by atoms with Crippen LogP contribution in [0.15, 0.2) is 98.1 Å². The Morgan fingerprint density at radius 3 is 1.76 bits per heavy atom. The molecule has 0 saturated carbocycles. The first-order chi connectivity index (χ1) is 22.3. The average molecular weight is 627 g/mol. The van der Waals surface area contributed by atoms with Gasteiger partial charge in [0.2, 0.25) is 0 Å². The number of carbonyl (C=O) groups is 4. The van der Waals surface area contributed by atoms with Crippen molar-refractivity contribution in [3.8, 4) is 22.6 Å². The lowest BCUT2D eigenvalue weighted by Crippen LogP contribution is -2.08. The van der Waals surface area contributed by atoms with Crippen molar-refractivity contribution in [3.63, 3.8) is 0 Å². The molecular formula is C37H38O9. The minimum absolute atomic E-state index is 0.225. The molecule has 9 nitrogen and oxygen atoms in total. The molecule has 3 rings (SSSR count). The van der Waals surface area contributed by atoms with Crippen LogP contribution in [0.3, 0.4) is 0 Å². The van der Waals surface area contributed by atoms with Crippen LogP contribution >= 0.6 is 0 Å². The molecule has 0 unspecified atom stereocenters. The Balaban J connectivity index is 1.41. The van der Waals surface area contributed by atoms with E-state index in [-0.39, 0.29) is 13.2 Å². The molecule has 3 aromatic carbocycles. The Bertz CT molecular complexity index is 1520.